The first-order valence-corrected chi connectivity index (χ1v) is 10.2. The first-order chi connectivity index (χ1) is 12.8. The van der Waals surface area contributed by atoms with Crippen molar-refractivity contribution >= 4 is 33.0 Å². The van der Waals surface area contributed by atoms with E-state index in [1.54, 1.807) is 24.3 Å². The second-order valence-corrected chi connectivity index (χ2v) is 8.26. The summed E-state index contributed by atoms with van der Waals surface area (Å²) in [7, 11) is -3.86. The Hall–Kier alpha value is -2.58. The predicted molar refractivity (Wildman–Crippen MR) is 106 cm³/mol. The van der Waals surface area contributed by atoms with Gasteiger partial charge < -0.3 is 15.7 Å². The van der Waals surface area contributed by atoms with Gasteiger partial charge in [-0.1, -0.05) is 6.07 Å². The summed E-state index contributed by atoms with van der Waals surface area (Å²) < 4.78 is 28.7. The van der Waals surface area contributed by atoms with Crippen molar-refractivity contribution in [3.05, 3.63) is 47.0 Å². The van der Waals surface area contributed by atoms with Gasteiger partial charge in [-0.25, -0.2) is 8.42 Å². The van der Waals surface area contributed by atoms with Crippen LogP contribution in [0.5, 0.6) is 0 Å². The summed E-state index contributed by atoms with van der Waals surface area (Å²) in [6, 6.07) is 8.56. The Balaban J connectivity index is 2.01. The number of carbonyl (C=O) groups excluding carboxylic acids is 1. The van der Waals surface area contributed by atoms with Gasteiger partial charge in [0.1, 0.15) is 4.90 Å². The van der Waals surface area contributed by atoms with Crippen LogP contribution in [-0.4, -0.2) is 32.6 Å². The zero-order valence-corrected chi connectivity index (χ0v) is 16.1. The summed E-state index contributed by atoms with van der Waals surface area (Å²) in [5, 5.41) is 14.8. The van der Waals surface area contributed by atoms with Crippen LogP contribution < -0.4 is 15.4 Å². The number of aliphatic hydroxyl groups is 1. The number of rotatable bonds is 6. The third-order valence-electron chi connectivity index (χ3n) is 4.58. The molecule has 3 rings (SSSR count). The molecule has 0 aromatic heterocycles. The van der Waals surface area contributed by atoms with Gasteiger partial charge in [0.2, 0.25) is 5.91 Å². The van der Waals surface area contributed by atoms with E-state index < -0.39 is 10.0 Å². The topological polar surface area (TPSA) is 108 Å². The largest absolute Gasteiger partial charge is 0.395 e. The van der Waals surface area contributed by atoms with E-state index in [0.717, 1.165) is 16.7 Å². The molecule has 27 heavy (non-hydrogen) atoms. The van der Waals surface area contributed by atoms with Crippen molar-refractivity contribution in [1.82, 2.24) is 0 Å². The molecule has 0 fully saturated rings. The lowest BCUT2D eigenvalue weighted by atomic mass is 10.0. The number of amides is 1. The Kier molecular flexibility index (Phi) is 5.38. The van der Waals surface area contributed by atoms with Crippen molar-refractivity contribution in [2.75, 3.05) is 28.5 Å². The van der Waals surface area contributed by atoms with Gasteiger partial charge in [0.25, 0.3) is 10.0 Å². The number of anilines is 3. The lowest BCUT2D eigenvalue weighted by Gasteiger charge is -2.21. The summed E-state index contributed by atoms with van der Waals surface area (Å²) in [4.78, 5) is 11.7. The summed E-state index contributed by atoms with van der Waals surface area (Å²) >= 11 is 0. The number of hydrogen-bond acceptors (Lipinski definition) is 5. The fourth-order valence-corrected chi connectivity index (χ4v) is 4.24. The summed E-state index contributed by atoms with van der Waals surface area (Å²) in [5.41, 5.74) is 4.25. The standard InChI is InChI=1S/C19H23N3O4S/c1-12-3-5-15(9-13(12)2)22-27(25,26)18-10-14-4-6-19(24)21-16(14)11-17(18)20-7-8-23/h3,5,9-11,20,22-23H,4,6-8H2,1-2H3,(H,21,24). The summed E-state index contributed by atoms with van der Waals surface area (Å²) in [6.07, 6.45) is 0.800. The quantitative estimate of drug-likeness (QED) is 0.607. The number of fused-ring (bicyclic) bond motifs is 1. The maximum absolute atomic E-state index is 13.0. The van der Waals surface area contributed by atoms with Crippen molar-refractivity contribution in [3.63, 3.8) is 0 Å². The molecular weight excluding hydrogens is 366 g/mol. The van der Waals surface area contributed by atoms with Crippen molar-refractivity contribution in [3.8, 4) is 0 Å². The maximum Gasteiger partial charge on any atom is 0.263 e. The Labute approximate surface area is 158 Å². The second kappa shape index (κ2) is 7.58. The number of aryl methyl sites for hydroxylation is 3. The molecule has 4 N–H and O–H groups in total. The van der Waals surface area contributed by atoms with E-state index >= 15 is 0 Å². The van der Waals surface area contributed by atoms with Gasteiger partial charge in [0.15, 0.2) is 0 Å². The van der Waals surface area contributed by atoms with Gasteiger partial charge in [0, 0.05) is 24.3 Å². The summed E-state index contributed by atoms with van der Waals surface area (Å²) in [5.74, 6) is -0.0977. The Bertz CT molecular complexity index is 987. The third-order valence-corrected chi connectivity index (χ3v) is 6.00. The molecule has 0 saturated carbocycles. The molecule has 2 aromatic carbocycles. The molecule has 0 spiro atoms. The van der Waals surface area contributed by atoms with Crippen molar-refractivity contribution in [1.29, 1.82) is 0 Å². The molecule has 0 unspecified atom stereocenters. The maximum atomic E-state index is 13.0. The van der Waals surface area contributed by atoms with Crippen LogP contribution in [0.4, 0.5) is 17.1 Å². The normalized spacial score (nSPS) is 13.7. The van der Waals surface area contributed by atoms with E-state index in [0.29, 0.717) is 29.9 Å². The highest BCUT2D eigenvalue weighted by atomic mass is 32.2. The average molecular weight is 389 g/mol. The van der Waals surface area contributed by atoms with Crippen LogP contribution in [0.2, 0.25) is 0 Å². The van der Waals surface area contributed by atoms with E-state index in [1.165, 1.54) is 0 Å². The molecule has 2 aromatic rings. The molecule has 1 amide bonds. The molecular formula is C19H23N3O4S. The second-order valence-electron chi connectivity index (χ2n) is 6.61. The monoisotopic (exact) mass is 389 g/mol. The van der Waals surface area contributed by atoms with Crippen molar-refractivity contribution < 1.29 is 18.3 Å². The number of sulfonamides is 1. The minimum Gasteiger partial charge on any atom is -0.395 e. The zero-order valence-electron chi connectivity index (χ0n) is 15.3. The van der Waals surface area contributed by atoms with Gasteiger partial charge in [0.05, 0.1) is 12.3 Å². The average Bonchev–Trinajstić information content (AvgIpc) is 2.62. The number of carbonyl (C=O) groups is 1. The lowest BCUT2D eigenvalue weighted by molar-refractivity contribution is -0.116. The van der Waals surface area contributed by atoms with Crippen LogP contribution in [0, 0.1) is 13.8 Å². The summed E-state index contributed by atoms with van der Waals surface area (Å²) in [6.45, 7) is 3.93. The fourth-order valence-electron chi connectivity index (χ4n) is 2.97. The van der Waals surface area contributed by atoms with E-state index in [1.807, 2.05) is 19.9 Å². The molecule has 1 aliphatic rings. The van der Waals surface area contributed by atoms with E-state index in [4.69, 9.17) is 5.11 Å². The highest BCUT2D eigenvalue weighted by Crippen LogP contribution is 2.33. The lowest BCUT2D eigenvalue weighted by Crippen LogP contribution is -2.22. The molecule has 0 saturated heterocycles. The fraction of sp³-hybridized carbons (Fsp3) is 0.316. The Morgan fingerprint density at radius 1 is 1.11 bits per heavy atom. The minimum absolute atomic E-state index is 0.0871. The number of aliphatic hydroxyl groups excluding tert-OH is 1. The van der Waals surface area contributed by atoms with E-state index in [-0.39, 0.29) is 24.0 Å². The molecule has 8 heteroatoms. The van der Waals surface area contributed by atoms with Crippen molar-refractivity contribution in [2.45, 2.75) is 31.6 Å². The van der Waals surface area contributed by atoms with Crippen LogP contribution >= 0.6 is 0 Å². The Morgan fingerprint density at radius 2 is 1.89 bits per heavy atom. The molecule has 144 valence electrons. The Morgan fingerprint density at radius 3 is 2.59 bits per heavy atom. The predicted octanol–water partition coefficient (Wildman–Crippen LogP) is 2.39. The molecule has 0 aliphatic carbocycles. The van der Waals surface area contributed by atoms with Crippen LogP contribution in [0.3, 0.4) is 0 Å². The first kappa shape index (κ1) is 19.2. The van der Waals surface area contributed by atoms with Gasteiger partial charge in [-0.15, -0.1) is 0 Å². The molecule has 1 aliphatic heterocycles. The molecule has 0 bridgehead atoms. The number of nitrogens with one attached hydrogen (secondary N) is 3. The van der Waals surface area contributed by atoms with Gasteiger partial charge in [-0.05, 0) is 61.2 Å². The van der Waals surface area contributed by atoms with Gasteiger partial charge in [-0.2, -0.15) is 0 Å². The van der Waals surface area contributed by atoms with Crippen molar-refractivity contribution in [2.24, 2.45) is 0 Å². The third kappa shape index (κ3) is 4.23. The van der Waals surface area contributed by atoms with E-state index in [2.05, 4.69) is 15.4 Å². The minimum atomic E-state index is -3.86. The number of hydrogen-bond donors (Lipinski definition) is 4. The smallest absolute Gasteiger partial charge is 0.263 e. The van der Waals surface area contributed by atoms with Crippen LogP contribution in [0.25, 0.3) is 0 Å². The van der Waals surface area contributed by atoms with Crippen LogP contribution in [0.1, 0.15) is 23.1 Å². The zero-order chi connectivity index (χ0) is 19.6. The molecule has 1 heterocycles. The van der Waals surface area contributed by atoms with Crippen LogP contribution in [0.15, 0.2) is 35.2 Å². The van der Waals surface area contributed by atoms with Crippen LogP contribution in [-0.2, 0) is 21.2 Å². The van der Waals surface area contributed by atoms with Gasteiger partial charge >= 0.3 is 0 Å². The number of benzene rings is 2. The molecule has 0 atom stereocenters. The van der Waals surface area contributed by atoms with E-state index in [9.17, 15) is 13.2 Å². The molecule has 7 nitrogen and oxygen atoms in total. The van der Waals surface area contributed by atoms with Gasteiger partial charge in [-0.3, -0.25) is 9.52 Å². The SMILES string of the molecule is Cc1ccc(NS(=O)(=O)c2cc3c(cc2NCCO)NC(=O)CC3)cc1C. The molecule has 0 radical (unpaired) electrons. The first-order valence-electron chi connectivity index (χ1n) is 8.72. The highest BCUT2D eigenvalue weighted by Gasteiger charge is 2.24. The highest BCUT2D eigenvalue weighted by molar-refractivity contribution is 7.92.